The van der Waals surface area contributed by atoms with Crippen LogP contribution in [0.3, 0.4) is 0 Å². The van der Waals surface area contributed by atoms with E-state index in [2.05, 4.69) is 4.74 Å². The van der Waals surface area contributed by atoms with Crippen molar-refractivity contribution < 1.29 is 23.4 Å². The molecule has 0 heterocycles. The molecule has 5 heteroatoms. The maximum atomic E-state index is 13.9. The Morgan fingerprint density at radius 2 is 1.94 bits per heavy atom. The maximum absolute atomic E-state index is 13.9. The number of esters is 1. The highest BCUT2D eigenvalue weighted by atomic mass is 19.3. The zero-order valence-electron chi connectivity index (χ0n) is 10.1. The van der Waals surface area contributed by atoms with Gasteiger partial charge in [-0.1, -0.05) is 30.3 Å². The first-order valence-corrected chi connectivity index (χ1v) is 5.27. The summed E-state index contributed by atoms with van der Waals surface area (Å²) in [7, 11) is 1.10. The molecule has 0 spiro atoms. The molecule has 0 unspecified atom stereocenters. The molecule has 1 aromatic rings. The summed E-state index contributed by atoms with van der Waals surface area (Å²) in [6, 6.07) is 7.54. The first-order valence-electron chi connectivity index (χ1n) is 5.27. The number of ether oxygens (including phenoxy) is 1. The Balaban J connectivity index is 2.99. The lowest BCUT2D eigenvalue weighted by Crippen LogP contribution is -2.28. The minimum atomic E-state index is -3.53. The number of benzene rings is 1. The van der Waals surface area contributed by atoms with Gasteiger partial charge in [0.25, 0.3) is 5.92 Å². The van der Waals surface area contributed by atoms with Crippen LogP contribution in [0.25, 0.3) is 0 Å². The van der Waals surface area contributed by atoms with Gasteiger partial charge in [0.1, 0.15) is 6.10 Å². The van der Waals surface area contributed by atoms with E-state index in [9.17, 15) is 18.7 Å². The zero-order chi connectivity index (χ0) is 13.8. The minimum Gasteiger partial charge on any atom is -0.466 e. The van der Waals surface area contributed by atoms with E-state index in [1.807, 2.05) is 0 Å². The van der Waals surface area contributed by atoms with Gasteiger partial charge >= 0.3 is 5.97 Å². The van der Waals surface area contributed by atoms with Crippen molar-refractivity contribution in [1.29, 1.82) is 0 Å². The van der Waals surface area contributed by atoms with Gasteiger partial charge in [-0.2, -0.15) is 8.78 Å². The van der Waals surface area contributed by atoms with Crippen LogP contribution in [0.15, 0.2) is 42.0 Å². The van der Waals surface area contributed by atoms with Crippen LogP contribution in [0.5, 0.6) is 0 Å². The van der Waals surface area contributed by atoms with Crippen LogP contribution in [0.4, 0.5) is 8.78 Å². The maximum Gasteiger partial charge on any atom is 0.330 e. The number of hydrogen-bond acceptors (Lipinski definition) is 3. The van der Waals surface area contributed by atoms with E-state index in [0.717, 1.165) is 14.0 Å². The summed E-state index contributed by atoms with van der Waals surface area (Å²) in [4.78, 5) is 10.9. The quantitative estimate of drug-likeness (QED) is 0.665. The number of aliphatic hydroxyl groups excluding tert-OH is 1. The monoisotopic (exact) mass is 256 g/mol. The predicted molar refractivity (Wildman–Crippen MR) is 62.1 cm³/mol. The molecule has 0 bridgehead atoms. The van der Waals surface area contributed by atoms with Gasteiger partial charge in [0, 0.05) is 11.6 Å². The van der Waals surface area contributed by atoms with Crippen molar-refractivity contribution in [3.63, 3.8) is 0 Å². The lowest BCUT2D eigenvalue weighted by atomic mass is 9.98. The van der Waals surface area contributed by atoms with Crippen LogP contribution in [0, 0.1) is 0 Å². The van der Waals surface area contributed by atoms with E-state index in [-0.39, 0.29) is 5.56 Å². The second-order valence-corrected chi connectivity index (χ2v) is 3.79. The summed E-state index contributed by atoms with van der Waals surface area (Å²) in [5.41, 5.74) is -0.467. The van der Waals surface area contributed by atoms with Crippen LogP contribution in [0.1, 0.15) is 18.6 Å². The third-order valence-corrected chi connectivity index (χ3v) is 2.52. The van der Waals surface area contributed by atoms with Gasteiger partial charge in [0.15, 0.2) is 0 Å². The van der Waals surface area contributed by atoms with Crippen molar-refractivity contribution in [2.45, 2.75) is 19.0 Å². The van der Waals surface area contributed by atoms with E-state index < -0.39 is 23.6 Å². The van der Waals surface area contributed by atoms with E-state index in [4.69, 9.17) is 0 Å². The molecule has 3 nitrogen and oxygen atoms in total. The molecule has 0 aliphatic rings. The topological polar surface area (TPSA) is 46.5 Å². The number of halogens is 2. The van der Waals surface area contributed by atoms with E-state index >= 15 is 0 Å². The third-order valence-electron chi connectivity index (χ3n) is 2.52. The molecule has 1 atom stereocenters. The number of rotatable bonds is 4. The van der Waals surface area contributed by atoms with Crippen molar-refractivity contribution in [3.05, 3.63) is 47.5 Å². The van der Waals surface area contributed by atoms with E-state index in [0.29, 0.717) is 6.08 Å². The summed E-state index contributed by atoms with van der Waals surface area (Å²) in [5.74, 6) is -4.41. The summed E-state index contributed by atoms with van der Waals surface area (Å²) in [6.45, 7) is 1.07. The number of carbonyl (C=O) groups excluding carboxylic acids is 1. The zero-order valence-corrected chi connectivity index (χ0v) is 10.1. The van der Waals surface area contributed by atoms with Gasteiger partial charge in [-0.05, 0) is 12.5 Å². The Hall–Kier alpha value is -1.75. The molecule has 0 saturated carbocycles. The molecule has 1 rings (SSSR count). The van der Waals surface area contributed by atoms with Crippen molar-refractivity contribution in [2.24, 2.45) is 0 Å². The van der Waals surface area contributed by atoms with Gasteiger partial charge in [-0.15, -0.1) is 0 Å². The van der Waals surface area contributed by atoms with Crippen molar-refractivity contribution >= 4 is 5.97 Å². The van der Waals surface area contributed by atoms with Crippen molar-refractivity contribution in [3.8, 4) is 0 Å². The Bertz CT molecular complexity index is 441. The molecule has 0 aliphatic heterocycles. The minimum absolute atomic E-state index is 0.0834. The average Bonchev–Trinajstić information content (AvgIpc) is 2.38. The molecule has 0 aliphatic carbocycles. The van der Waals surface area contributed by atoms with Crippen LogP contribution in [0.2, 0.25) is 0 Å². The van der Waals surface area contributed by atoms with E-state index in [1.165, 1.54) is 12.1 Å². The highest BCUT2D eigenvalue weighted by Crippen LogP contribution is 2.37. The summed E-state index contributed by atoms with van der Waals surface area (Å²) in [6.07, 6.45) is -1.33. The van der Waals surface area contributed by atoms with Gasteiger partial charge in [-0.25, -0.2) is 4.79 Å². The van der Waals surface area contributed by atoms with Crippen molar-refractivity contribution in [1.82, 2.24) is 0 Å². The fourth-order valence-electron chi connectivity index (χ4n) is 1.39. The Kier molecular flexibility index (Phi) is 4.55. The SMILES string of the molecule is COC(=O)/C=C(/C)C(F)(F)[C@@H](O)c1ccccc1. The molecular weight excluding hydrogens is 242 g/mol. The molecule has 0 saturated heterocycles. The first-order chi connectivity index (χ1) is 8.39. The molecule has 0 aromatic heterocycles. The molecule has 18 heavy (non-hydrogen) atoms. The summed E-state index contributed by atoms with van der Waals surface area (Å²) in [5, 5.41) is 9.66. The molecule has 0 amide bonds. The van der Waals surface area contributed by atoms with Gasteiger partial charge in [0.2, 0.25) is 0 Å². The van der Waals surface area contributed by atoms with Crippen LogP contribution in [-0.4, -0.2) is 24.1 Å². The molecule has 0 radical (unpaired) electrons. The Morgan fingerprint density at radius 3 is 2.44 bits per heavy atom. The summed E-state index contributed by atoms with van der Waals surface area (Å²) < 4.78 is 32.0. The lowest BCUT2D eigenvalue weighted by molar-refractivity contribution is -0.135. The fraction of sp³-hybridized carbons (Fsp3) is 0.308. The van der Waals surface area contributed by atoms with E-state index in [1.54, 1.807) is 18.2 Å². The summed E-state index contributed by atoms with van der Waals surface area (Å²) >= 11 is 0. The standard InChI is InChI=1S/C13H14F2O3/c1-9(8-11(16)18-2)13(14,15)12(17)10-6-4-3-5-7-10/h3-8,12,17H,1-2H3/b9-8-/t12-/m0/s1. The number of hydrogen-bond donors (Lipinski definition) is 1. The highest BCUT2D eigenvalue weighted by molar-refractivity contribution is 5.82. The predicted octanol–water partition coefficient (Wildman–Crippen LogP) is 2.47. The van der Waals surface area contributed by atoms with Crippen LogP contribution < -0.4 is 0 Å². The number of methoxy groups -OCH3 is 1. The van der Waals surface area contributed by atoms with Crippen LogP contribution >= 0.6 is 0 Å². The number of carbonyl (C=O) groups is 1. The number of alkyl halides is 2. The second-order valence-electron chi connectivity index (χ2n) is 3.79. The van der Waals surface area contributed by atoms with Gasteiger partial charge in [0.05, 0.1) is 7.11 Å². The molecular formula is C13H14F2O3. The van der Waals surface area contributed by atoms with Gasteiger partial charge in [-0.3, -0.25) is 0 Å². The fourth-order valence-corrected chi connectivity index (χ4v) is 1.39. The lowest BCUT2D eigenvalue weighted by Gasteiger charge is -2.23. The number of aliphatic hydroxyl groups is 1. The molecule has 98 valence electrons. The smallest absolute Gasteiger partial charge is 0.330 e. The molecule has 1 aromatic carbocycles. The Morgan fingerprint density at radius 1 is 1.39 bits per heavy atom. The second kappa shape index (κ2) is 5.73. The normalized spacial score (nSPS) is 14.2. The highest BCUT2D eigenvalue weighted by Gasteiger charge is 2.41. The van der Waals surface area contributed by atoms with Gasteiger partial charge < -0.3 is 9.84 Å². The largest absolute Gasteiger partial charge is 0.466 e. The molecule has 1 N–H and O–H groups in total. The Labute approximate surface area is 104 Å². The van der Waals surface area contributed by atoms with Crippen molar-refractivity contribution in [2.75, 3.05) is 7.11 Å². The molecule has 0 fully saturated rings. The van der Waals surface area contributed by atoms with Crippen LogP contribution in [-0.2, 0) is 9.53 Å². The third kappa shape index (κ3) is 3.13. The average molecular weight is 256 g/mol. The first kappa shape index (κ1) is 14.3.